The van der Waals surface area contributed by atoms with Gasteiger partial charge in [-0.3, -0.25) is 9.48 Å². The van der Waals surface area contributed by atoms with Crippen molar-refractivity contribution in [1.82, 2.24) is 9.78 Å². The van der Waals surface area contributed by atoms with Crippen LogP contribution in [0.25, 0.3) is 0 Å². The van der Waals surface area contributed by atoms with Gasteiger partial charge in [0, 0.05) is 13.5 Å². The van der Waals surface area contributed by atoms with Crippen LogP contribution in [0.4, 0.5) is 0 Å². The Morgan fingerprint density at radius 1 is 1.53 bits per heavy atom. The predicted molar refractivity (Wildman–Crippen MR) is 64.7 cm³/mol. The second-order valence-electron chi connectivity index (χ2n) is 4.06. The first-order valence-electron chi connectivity index (χ1n) is 5.51. The lowest BCUT2D eigenvalue weighted by atomic mass is 10.1. The minimum absolute atomic E-state index is 0.0978. The topological polar surface area (TPSA) is 53.4 Å². The fourth-order valence-corrected chi connectivity index (χ4v) is 2.32. The zero-order valence-electron chi connectivity index (χ0n) is 9.90. The monoisotopic (exact) mass is 302 g/mol. The van der Waals surface area contributed by atoms with Crippen LogP contribution in [0.5, 0.6) is 0 Å². The molecule has 2 heterocycles. The van der Waals surface area contributed by atoms with Crippen molar-refractivity contribution < 1.29 is 14.3 Å². The van der Waals surface area contributed by atoms with Crippen LogP contribution < -0.4 is 0 Å². The zero-order chi connectivity index (χ0) is 12.4. The van der Waals surface area contributed by atoms with Gasteiger partial charge in [0.15, 0.2) is 6.29 Å². The lowest BCUT2D eigenvalue weighted by Gasteiger charge is -2.08. The minimum atomic E-state index is -0.365. The summed E-state index contributed by atoms with van der Waals surface area (Å²) in [5, 5.41) is 4.25. The standard InChI is InChI=1S/C11H15BrN2O3/c1-7-11(12)9(14(2)13-7)5-8(15)6-10-16-3-4-17-10/h10H,3-6H2,1-2H3. The molecule has 1 aromatic rings. The van der Waals surface area contributed by atoms with Gasteiger partial charge < -0.3 is 9.47 Å². The molecule has 1 saturated heterocycles. The van der Waals surface area contributed by atoms with Crippen molar-refractivity contribution in [3.63, 3.8) is 0 Å². The van der Waals surface area contributed by atoms with Crippen molar-refractivity contribution in [2.45, 2.75) is 26.1 Å². The molecule has 0 radical (unpaired) electrons. The molecular formula is C11H15BrN2O3. The highest BCUT2D eigenvalue weighted by Gasteiger charge is 2.21. The Hall–Kier alpha value is -0.720. The number of halogens is 1. The molecule has 0 N–H and O–H groups in total. The maximum atomic E-state index is 11.9. The number of aryl methyl sites for hydroxylation is 2. The van der Waals surface area contributed by atoms with Crippen LogP contribution in [-0.2, 0) is 27.7 Å². The van der Waals surface area contributed by atoms with E-state index in [4.69, 9.17) is 9.47 Å². The summed E-state index contributed by atoms with van der Waals surface area (Å²) in [5.41, 5.74) is 1.79. The number of hydrogen-bond acceptors (Lipinski definition) is 4. The second kappa shape index (κ2) is 5.29. The third-order valence-corrected chi connectivity index (χ3v) is 3.74. The lowest BCUT2D eigenvalue weighted by Crippen LogP contribution is -2.17. The molecule has 0 bridgehead atoms. The van der Waals surface area contributed by atoms with Crippen LogP contribution in [0.15, 0.2) is 4.47 Å². The molecule has 0 atom stereocenters. The predicted octanol–water partition coefficient (Wildman–Crippen LogP) is 1.37. The van der Waals surface area contributed by atoms with Gasteiger partial charge in [0.2, 0.25) is 0 Å². The van der Waals surface area contributed by atoms with Crippen molar-refractivity contribution in [2.24, 2.45) is 7.05 Å². The van der Waals surface area contributed by atoms with E-state index in [-0.39, 0.29) is 12.1 Å². The first-order chi connectivity index (χ1) is 8.08. The van der Waals surface area contributed by atoms with Crippen LogP contribution in [0.1, 0.15) is 17.8 Å². The molecule has 0 unspecified atom stereocenters. The second-order valence-corrected chi connectivity index (χ2v) is 4.85. The van der Waals surface area contributed by atoms with E-state index < -0.39 is 0 Å². The van der Waals surface area contributed by atoms with E-state index in [1.165, 1.54) is 0 Å². The van der Waals surface area contributed by atoms with Gasteiger partial charge in [-0.15, -0.1) is 0 Å². The fourth-order valence-electron chi connectivity index (χ4n) is 1.84. The van der Waals surface area contributed by atoms with Crippen LogP contribution in [-0.4, -0.2) is 35.1 Å². The van der Waals surface area contributed by atoms with Crippen LogP contribution >= 0.6 is 15.9 Å². The Labute approximate surface area is 108 Å². The van der Waals surface area contributed by atoms with Gasteiger partial charge in [0.25, 0.3) is 0 Å². The highest BCUT2D eigenvalue weighted by Crippen LogP contribution is 2.21. The van der Waals surface area contributed by atoms with Gasteiger partial charge in [-0.1, -0.05) is 0 Å². The summed E-state index contributed by atoms with van der Waals surface area (Å²) >= 11 is 3.44. The summed E-state index contributed by atoms with van der Waals surface area (Å²) in [6.45, 7) is 3.06. The van der Waals surface area contributed by atoms with Gasteiger partial charge in [0.1, 0.15) is 5.78 Å². The number of rotatable bonds is 4. The third kappa shape index (κ3) is 2.94. The number of ketones is 1. The van der Waals surface area contributed by atoms with Gasteiger partial charge >= 0.3 is 0 Å². The summed E-state index contributed by atoms with van der Waals surface area (Å²) in [6.07, 6.45) is 0.285. The Balaban J connectivity index is 1.97. The maximum Gasteiger partial charge on any atom is 0.164 e. The van der Waals surface area contributed by atoms with Crippen molar-refractivity contribution in [2.75, 3.05) is 13.2 Å². The zero-order valence-corrected chi connectivity index (χ0v) is 11.5. The number of nitrogens with zero attached hydrogens (tertiary/aromatic N) is 2. The summed E-state index contributed by atoms with van der Waals surface area (Å²) in [4.78, 5) is 11.9. The first kappa shape index (κ1) is 12.7. The molecule has 1 aliphatic rings. The number of Topliss-reactive ketones (excluding diaryl/α,β-unsaturated/α-hetero) is 1. The number of ether oxygens (including phenoxy) is 2. The highest BCUT2D eigenvalue weighted by atomic mass is 79.9. The van der Waals surface area contributed by atoms with E-state index in [2.05, 4.69) is 21.0 Å². The quantitative estimate of drug-likeness (QED) is 0.843. The summed E-state index contributed by atoms with van der Waals surface area (Å²) in [7, 11) is 1.84. The van der Waals surface area contributed by atoms with Gasteiger partial charge in [-0.2, -0.15) is 5.10 Å². The number of carbonyl (C=O) groups excluding carboxylic acids is 1. The van der Waals surface area contributed by atoms with E-state index in [1.807, 2.05) is 14.0 Å². The Morgan fingerprint density at radius 2 is 2.18 bits per heavy atom. The van der Waals surface area contributed by atoms with E-state index in [9.17, 15) is 4.79 Å². The van der Waals surface area contributed by atoms with Gasteiger partial charge in [-0.05, 0) is 22.9 Å². The Morgan fingerprint density at radius 3 is 2.71 bits per heavy atom. The molecule has 94 valence electrons. The molecule has 1 aromatic heterocycles. The van der Waals surface area contributed by atoms with Crippen LogP contribution in [0, 0.1) is 6.92 Å². The molecule has 0 aliphatic carbocycles. The van der Waals surface area contributed by atoms with E-state index in [1.54, 1.807) is 4.68 Å². The average Bonchev–Trinajstić information content (AvgIpc) is 2.83. The molecule has 1 fully saturated rings. The number of carbonyl (C=O) groups is 1. The van der Waals surface area contributed by atoms with Gasteiger partial charge in [0.05, 0.1) is 35.5 Å². The molecule has 17 heavy (non-hydrogen) atoms. The van der Waals surface area contributed by atoms with E-state index in [0.717, 1.165) is 15.9 Å². The summed E-state index contributed by atoms with van der Waals surface area (Å²) in [5.74, 6) is 0.0978. The largest absolute Gasteiger partial charge is 0.350 e. The minimum Gasteiger partial charge on any atom is -0.350 e. The van der Waals surface area contributed by atoms with Gasteiger partial charge in [-0.25, -0.2) is 0 Å². The molecule has 1 aliphatic heterocycles. The summed E-state index contributed by atoms with van der Waals surface area (Å²) < 4.78 is 13.1. The van der Waals surface area contributed by atoms with Crippen molar-refractivity contribution >= 4 is 21.7 Å². The number of aromatic nitrogens is 2. The third-order valence-electron chi connectivity index (χ3n) is 2.71. The first-order valence-corrected chi connectivity index (χ1v) is 6.30. The average molecular weight is 303 g/mol. The SMILES string of the molecule is Cc1nn(C)c(CC(=O)CC2OCCO2)c1Br. The van der Waals surface area contributed by atoms with Crippen molar-refractivity contribution in [3.8, 4) is 0 Å². The highest BCUT2D eigenvalue weighted by molar-refractivity contribution is 9.10. The Kier molecular flexibility index (Phi) is 3.96. The molecule has 5 nitrogen and oxygen atoms in total. The molecule has 6 heteroatoms. The lowest BCUT2D eigenvalue weighted by molar-refractivity contribution is -0.126. The molecule has 2 rings (SSSR count). The summed E-state index contributed by atoms with van der Waals surface area (Å²) in [6, 6.07) is 0. The normalized spacial score (nSPS) is 16.6. The fraction of sp³-hybridized carbons (Fsp3) is 0.636. The maximum absolute atomic E-state index is 11.9. The molecule has 0 saturated carbocycles. The Bertz CT molecular complexity index is 425. The molecule has 0 aromatic carbocycles. The van der Waals surface area contributed by atoms with E-state index in [0.29, 0.717) is 26.1 Å². The molecule has 0 amide bonds. The van der Waals surface area contributed by atoms with Crippen molar-refractivity contribution in [3.05, 3.63) is 15.9 Å². The van der Waals surface area contributed by atoms with Crippen LogP contribution in [0.3, 0.4) is 0 Å². The number of hydrogen-bond donors (Lipinski definition) is 0. The molecular weight excluding hydrogens is 288 g/mol. The smallest absolute Gasteiger partial charge is 0.164 e. The van der Waals surface area contributed by atoms with Crippen LogP contribution in [0.2, 0.25) is 0 Å². The molecule has 0 spiro atoms. The van der Waals surface area contributed by atoms with E-state index >= 15 is 0 Å². The van der Waals surface area contributed by atoms with Crippen molar-refractivity contribution in [1.29, 1.82) is 0 Å².